The Morgan fingerprint density at radius 3 is 2.48 bits per heavy atom. The topological polar surface area (TPSA) is 32.7 Å². The Kier molecular flexibility index (Phi) is 3.84. The molecule has 0 spiro atoms. The van der Waals surface area contributed by atoms with Gasteiger partial charge in [0.15, 0.2) is 0 Å². The van der Waals surface area contributed by atoms with Crippen molar-refractivity contribution in [3.8, 4) is 11.5 Å². The van der Waals surface area contributed by atoms with Gasteiger partial charge >= 0.3 is 0 Å². The Bertz CT molecular complexity index is 710. The van der Waals surface area contributed by atoms with Gasteiger partial charge in [-0.15, -0.1) is 11.8 Å². The van der Waals surface area contributed by atoms with Crippen LogP contribution in [-0.4, -0.2) is 35.7 Å². The molecule has 4 heteroatoms. The molecule has 0 saturated carbocycles. The molecule has 1 saturated heterocycles. The van der Waals surface area contributed by atoms with Crippen LogP contribution in [0.1, 0.15) is 23.7 Å². The van der Waals surface area contributed by atoms with Crippen molar-refractivity contribution >= 4 is 11.8 Å². The summed E-state index contributed by atoms with van der Waals surface area (Å²) in [5, 5.41) is 11.4. The van der Waals surface area contributed by atoms with Gasteiger partial charge in [0.2, 0.25) is 0 Å². The number of likely N-dealkylation sites (tertiary alicyclic amines) is 1. The number of benzene rings is 2. The van der Waals surface area contributed by atoms with Crippen LogP contribution in [0.4, 0.5) is 0 Å². The summed E-state index contributed by atoms with van der Waals surface area (Å²) in [6.45, 7) is 1.86. The van der Waals surface area contributed by atoms with Gasteiger partial charge < -0.3 is 14.7 Å². The third-order valence-corrected chi connectivity index (χ3v) is 6.38. The summed E-state index contributed by atoms with van der Waals surface area (Å²) >= 11 is 1.73. The van der Waals surface area contributed by atoms with Crippen molar-refractivity contribution in [3.05, 3.63) is 54.1 Å². The van der Waals surface area contributed by atoms with Gasteiger partial charge in [0.1, 0.15) is 11.5 Å². The van der Waals surface area contributed by atoms with Crippen LogP contribution >= 0.6 is 11.8 Å². The van der Waals surface area contributed by atoms with Gasteiger partial charge in [-0.2, -0.15) is 0 Å². The fourth-order valence-electron chi connectivity index (χ4n) is 3.40. The van der Waals surface area contributed by atoms with E-state index in [1.165, 1.54) is 0 Å². The molecule has 120 valence electrons. The first-order valence-electron chi connectivity index (χ1n) is 8.09. The number of piperidine rings is 1. The highest BCUT2D eigenvalue weighted by molar-refractivity contribution is 7.99. The summed E-state index contributed by atoms with van der Waals surface area (Å²) in [5.41, 5.74) is 0.398. The summed E-state index contributed by atoms with van der Waals surface area (Å²) in [6.07, 6.45) is 1.58. The van der Waals surface area contributed by atoms with E-state index in [1.54, 1.807) is 11.8 Å². The number of para-hydroxylation sites is 2. The maximum atomic E-state index is 11.4. The highest BCUT2D eigenvalue weighted by atomic mass is 32.2. The summed E-state index contributed by atoms with van der Waals surface area (Å²) in [4.78, 5) is 3.38. The molecule has 1 atom stereocenters. The SMILES string of the molecule is CN1CCC(O)(C2Sc3ccccc3Oc3ccccc32)CC1. The zero-order valence-corrected chi connectivity index (χ0v) is 14.1. The Morgan fingerprint density at radius 2 is 1.70 bits per heavy atom. The van der Waals surface area contributed by atoms with Crippen molar-refractivity contribution in [1.29, 1.82) is 0 Å². The third kappa shape index (κ3) is 2.75. The number of fused-ring (bicyclic) bond motifs is 2. The summed E-state index contributed by atoms with van der Waals surface area (Å²) in [5.74, 6) is 1.74. The molecule has 0 amide bonds. The number of thioether (sulfide) groups is 1. The quantitative estimate of drug-likeness (QED) is 0.855. The number of nitrogens with zero attached hydrogens (tertiary/aromatic N) is 1. The standard InChI is InChI=1S/C19H21NO2S/c1-20-12-10-19(21,11-13-20)18-14-6-2-3-7-15(14)22-16-8-4-5-9-17(16)23-18/h2-9,18,21H,10-13H2,1H3. The molecule has 0 aromatic heterocycles. The van der Waals surface area contributed by atoms with Crippen molar-refractivity contribution in [3.63, 3.8) is 0 Å². The van der Waals surface area contributed by atoms with Crippen LogP contribution in [0.3, 0.4) is 0 Å². The predicted octanol–water partition coefficient (Wildman–Crippen LogP) is 4.08. The van der Waals surface area contributed by atoms with E-state index in [-0.39, 0.29) is 5.25 Å². The first-order chi connectivity index (χ1) is 11.2. The van der Waals surface area contributed by atoms with E-state index in [0.29, 0.717) is 0 Å². The van der Waals surface area contributed by atoms with Crippen molar-refractivity contribution in [1.82, 2.24) is 4.90 Å². The zero-order valence-electron chi connectivity index (χ0n) is 13.2. The molecule has 0 bridgehead atoms. The van der Waals surface area contributed by atoms with Gasteiger partial charge in [0.25, 0.3) is 0 Å². The fraction of sp³-hybridized carbons (Fsp3) is 0.368. The minimum Gasteiger partial charge on any atom is -0.456 e. The highest BCUT2D eigenvalue weighted by Crippen LogP contribution is 2.54. The Hall–Kier alpha value is -1.49. The molecule has 1 N–H and O–H groups in total. The van der Waals surface area contributed by atoms with E-state index >= 15 is 0 Å². The van der Waals surface area contributed by atoms with Crippen LogP contribution in [0.2, 0.25) is 0 Å². The normalized spacial score (nSPS) is 23.3. The van der Waals surface area contributed by atoms with E-state index in [9.17, 15) is 5.11 Å². The smallest absolute Gasteiger partial charge is 0.141 e. The van der Waals surface area contributed by atoms with Gasteiger partial charge in [-0.1, -0.05) is 30.3 Å². The molecular weight excluding hydrogens is 306 g/mol. The molecule has 0 radical (unpaired) electrons. The molecule has 1 unspecified atom stereocenters. The predicted molar refractivity (Wildman–Crippen MR) is 93.2 cm³/mol. The molecule has 3 nitrogen and oxygen atoms in total. The maximum Gasteiger partial charge on any atom is 0.141 e. The maximum absolute atomic E-state index is 11.4. The van der Waals surface area contributed by atoms with Gasteiger partial charge in [-0.3, -0.25) is 0 Å². The number of hydrogen-bond acceptors (Lipinski definition) is 4. The van der Waals surface area contributed by atoms with Gasteiger partial charge in [0, 0.05) is 18.7 Å². The minimum atomic E-state index is -0.700. The Balaban J connectivity index is 1.79. The molecule has 0 aliphatic carbocycles. The van der Waals surface area contributed by atoms with Crippen LogP contribution < -0.4 is 4.74 Å². The molecule has 2 aromatic rings. The first-order valence-corrected chi connectivity index (χ1v) is 8.97. The average Bonchev–Trinajstić information content (AvgIpc) is 2.75. The van der Waals surface area contributed by atoms with E-state index in [0.717, 1.165) is 47.9 Å². The minimum absolute atomic E-state index is 0.00366. The summed E-state index contributed by atoms with van der Waals surface area (Å²) < 4.78 is 6.15. The second-order valence-electron chi connectivity index (χ2n) is 6.49. The lowest BCUT2D eigenvalue weighted by atomic mass is 9.84. The van der Waals surface area contributed by atoms with E-state index in [1.807, 2.05) is 36.4 Å². The second kappa shape index (κ2) is 5.86. The van der Waals surface area contributed by atoms with E-state index in [2.05, 4.69) is 24.1 Å². The molecule has 23 heavy (non-hydrogen) atoms. The van der Waals surface area contributed by atoms with Crippen molar-refractivity contribution in [2.75, 3.05) is 20.1 Å². The van der Waals surface area contributed by atoms with Crippen LogP contribution in [0.25, 0.3) is 0 Å². The van der Waals surface area contributed by atoms with Crippen molar-refractivity contribution in [2.45, 2.75) is 28.6 Å². The lowest BCUT2D eigenvalue weighted by Crippen LogP contribution is -2.45. The average molecular weight is 327 g/mol. The molecule has 2 aliphatic heterocycles. The number of rotatable bonds is 1. The van der Waals surface area contributed by atoms with E-state index in [4.69, 9.17) is 4.74 Å². The monoisotopic (exact) mass is 327 g/mol. The zero-order chi connectivity index (χ0) is 15.9. The molecular formula is C19H21NO2S. The molecule has 2 aromatic carbocycles. The van der Waals surface area contributed by atoms with Crippen molar-refractivity contribution < 1.29 is 9.84 Å². The second-order valence-corrected chi connectivity index (χ2v) is 7.64. The number of hydrogen-bond donors (Lipinski definition) is 1. The lowest BCUT2D eigenvalue weighted by Gasteiger charge is -2.41. The largest absolute Gasteiger partial charge is 0.456 e. The van der Waals surface area contributed by atoms with E-state index < -0.39 is 5.60 Å². The molecule has 4 rings (SSSR count). The Morgan fingerprint density at radius 1 is 1.04 bits per heavy atom. The number of ether oxygens (including phenoxy) is 1. The lowest BCUT2D eigenvalue weighted by molar-refractivity contribution is -0.0177. The number of aliphatic hydroxyl groups is 1. The van der Waals surface area contributed by atoms with Crippen LogP contribution in [0.15, 0.2) is 53.4 Å². The molecule has 2 aliphatic rings. The van der Waals surface area contributed by atoms with Crippen molar-refractivity contribution in [2.24, 2.45) is 0 Å². The molecule has 2 heterocycles. The Labute approximate surface area is 141 Å². The summed E-state index contributed by atoms with van der Waals surface area (Å²) in [7, 11) is 2.12. The van der Waals surface area contributed by atoms with Crippen LogP contribution in [0, 0.1) is 0 Å². The third-order valence-electron chi connectivity index (χ3n) is 4.86. The van der Waals surface area contributed by atoms with Crippen LogP contribution in [0.5, 0.6) is 11.5 Å². The summed E-state index contributed by atoms with van der Waals surface area (Å²) in [6, 6.07) is 16.2. The van der Waals surface area contributed by atoms with Crippen LogP contribution in [-0.2, 0) is 0 Å². The highest BCUT2D eigenvalue weighted by Gasteiger charge is 2.43. The van der Waals surface area contributed by atoms with Gasteiger partial charge in [0.05, 0.1) is 15.7 Å². The first kappa shape index (κ1) is 15.1. The van der Waals surface area contributed by atoms with Gasteiger partial charge in [-0.05, 0) is 38.1 Å². The fourth-order valence-corrected chi connectivity index (χ4v) is 4.81. The molecule has 1 fully saturated rings. The van der Waals surface area contributed by atoms with Gasteiger partial charge in [-0.25, -0.2) is 0 Å².